The SMILES string of the molecule is c1ccc(-c2ccc(N(c3ccc4c(c3)c3ccccc3n4-c3ccccc3)c3cccc4c3oc3ccc5ccccc5c34)cc2)cc1. The molecule has 230 valence electrons. The quantitative estimate of drug-likeness (QED) is 0.190. The van der Waals surface area contributed by atoms with Crippen LogP contribution in [-0.4, -0.2) is 4.57 Å². The molecule has 0 unspecified atom stereocenters. The predicted molar refractivity (Wildman–Crippen MR) is 206 cm³/mol. The van der Waals surface area contributed by atoms with Gasteiger partial charge in [-0.05, 0) is 82.6 Å². The van der Waals surface area contributed by atoms with Crippen LogP contribution >= 0.6 is 0 Å². The number of furan rings is 1. The summed E-state index contributed by atoms with van der Waals surface area (Å²) in [5.74, 6) is 0. The highest BCUT2D eigenvalue weighted by molar-refractivity contribution is 6.21. The second kappa shape index (κ2) is 11.0. The normalized spacial score (nSPS) is 11.7. The van der Waals surface area contributed by atoms with E-state index in [1.165, 1.54) is 43.7 Å². The maximum absolute atomic E-state index is 6.78. The van der Waals surface area contributed by atoms with E-state index in [0.29, 0.717) is 0 Å². The summed E-state index contributed by atoms with van der Waals surface area (Å²) in [7, 11) is 0. The topological polar surface area (TPSA) is 21.3 Å². The molecule has 0 amide bonds. The Kier molecular flexibility index (Phi) is 6.18. The summed E-state index contributed by atoms with van der Waals surface area (Å²) < 4.78 is 9.14. The average molecular weight is 627 g/mol. The molecular formula is C46H30N2O. The van der Waals surface area contributed by atoms with Crippen molar-refractivity contribution in [2.75, 3.05) is 4.90 Å². The minimum atomic E-state index is 0.868. The Hall–Kier alpha value is -6.58. The van der Waals surface area contributed by atoms with Crippen molar-refractivity contribution in [2.45, 2.75) is 0 Å². The van der Waals surface area contributed by atoms with Crippen molar-refractivity contribution < 1.29 is 4.42 Å². The number of anilines is 3. The number of para-hydroxylation sites is 3. The van der Waals surface area contributed by atoms with Gasteiger partial charge in [0.05, 0.1) is 16.7 Å². The van der Waals surface area contributed by atoms with E-state index >= 15 is 0 Å². The summed E-state index contributed by atoms with van der Waals surface area (Å²) in [5, 5.41) is 7.08. The first-order valence-corrected chi connectivity index (χ1v) is 16.7. The Labute approximate surface area is 283 Å². The zero-order valence-electron chi connectivity index (χ0n) is 26.6. The fourth-order valence-electron chi connectivity index (χ4n) is 7.55. The molecule has 10 rings (SSSR count). The molecule has 0 saturated carbocycles. The van der Waals surface area contributed by atoms with Gasteiger partial charge in [-0.15, -0.1) is 0 Å². The summed E-state index contributed by atoms with van der Waals surface area (Å²) in [5.41, 5.74) is 10.8. The van der Waals surface area contributed by atoms with Crippen LogP contribution in [0, 0.1) is 0 Å². The van der Waals surface area contributed by atoms with E-state index in [9.17, 15) is 0 Å². The van der Waals surface area contributed by atoms with Crippen LogP contribution in [0.1, 0.15) is 0 Å². The monoisotopic (exact) mass is 626 g/mol. The fraction of sp³-hybridized carbons (Fsp3) is 0. The molecule has 8 aromatic carbocycles. The zero-order chi connectivity index (χ0) is 32.3. The lowest BCUT2D eigenvalue weighted by molar-refractivity contribution is 0.669. The van der Waals surface area contributed by atoms with Crippen molar-refractivity contribution in [1.29, 1.82) is 0 Å². The lowest BCUT2D eigenvalue weighted by Crippen LogP contribution is -2.10. The zero-order valence-corrected chi connectivity index (χ0v) is 26.6. The molecule has 0 fully saturated rings. The first kappa shape index (κ1) is 27.5. The van der Waals surface area contributed by atoms with Gasteiger partial charge in [0, 0.05) is 38.6 Å². The van der Waals surface area contributed by atoms with E-state index in [4.69, 9.17) is 4.42 Å². The smallest absolute Gasteiger partial charge is 0.159 e. The molecule has 2 aromatic heterocycles. The summed E-state index contributed by atoms with van der Waals surface area (Å²) in [6.07, 6.45) is 0. The number of hydrogen-bond donors (Lipinski definition) is 0. The second-order valence-electron chi connectivity index (χ2n) is 12.6. The first-order chi connectivity index (χ1) is 24.3. The van der Waals surface area contributed by atoms with Crippen molar-refractivity contribution >= 4 is 71.6 Å². The molecule has 3 nitrogen and oxygen atoms in total. The van der Waals surface area contributed by atoms with E-state index < -0.39 is 0 Å². The lowest BCUT2D eigenvalue weighted by Gasteiger charge is -2.26. The number of nitrogens with zero attached hydrogens (tertiary/aromatic N) is 2. The number of hydrogen-bond acceptors (Lipinski definition) is 2. The summed E-state index contributed by atoms with van der Waals surface area (Å²) >= 11 is 0. The van der Waals surface area contributed by atoms with Crippen molar-refractivity contribution in [1.82, 2.24) is 4.57 Å². The van der Waals surface area contributed by atoms with Gasteiger partial charge in [0.25, 0.3) is 0 Å². The van der Waals surface area contributed by atoms with Crippen LogP contribution in [0.5, 0.6) is 0 Å². The maximum atomic E-state index is 6.78. The molecule has 0 N–H and O–H groups in total. The Morgan fingerprint density at radius 2 is 1.08 bits per heavy atom. The highest BCUT2D eigenvalue weighted by atomic mass is 16.3. The van der Waals surface area contributed by atoms with Gasteiger partial charge in [0.15, 0.2) is 5.58 Å². The summed E-state index contributed by atoms with van der Waals surface area (Å²) in [6.45, 7) is 0. The molecule has 0 aliphatic rings. The van der Waals surface area contributed by atoms with Gasteiger partial charge < -0.3 is 13.9 Å². The summed E-state index contributed by atoms with van der Waals surface area (Å²) in [6, 6.07) is 64.8. The average Bonchev–Trinajstić information content (AvgIpc) is 3.72. The van der Waals surface area contributed by atoms with Crippen LogP contribution in [0.2, 0.25) is 0 Å². The maximum Gasteiger partial charge on any atom is 0.159 e. The molecular weight excluding hydrogens is 597 g/mol. The first-order valence-electron chi connectivity index (χ1n) is 16.7. The van der Waals surface area contributed by atoms with E-state index in [2.05, 4.69) is 191 Å². The molecule has 10 aromatic rings. The van der Waals surface area contributed by atoms with Crippen molar-refractivity contribution in [3.05, 3.63) is 182 Å². The summed E-state index contributed by atoms with van der Waals surface area (Å²) in [4.78, 5) is 2.34. The van der Waals surface area contributed by atoms with E-state index in [1.54, 1.807) is 0 Å². The number of aromatic nitrogens is 1. The van der Waals surface area contributed by atoms with Crippen LogP contribution in [0.3, 0.4) is 0 Å². The van der Waals surface area contributed by atoms with E-state index in [-0.39, 0.29) is 0 Å². The van der Waals surface area contributed by atoms with Crippen LogP contribution in [0.25, 0.3) is 71.3 Å². The predicted octanol–water partition coefficient (Wildman–Crippen LogP) is 13.0. The van der Waals surface area contributed by atoms with Gasteiger partial charge in [-0.1, -0.05) is 121 Å². The van der Waals surface area contributed by atoms with Gasteiger partial charge >= 0.3 is 0 Å². The van der Waals surface area contributed by atoms with E-state index in [0.717, 1.165) is 44.7 Å². The van der Waals surface area contributed by atoms with Gasteiger partial charge in [-0.3, -0.25) is 0 Å². The van der Waals surface area contributed by atoms with E-state index in [1.807, 2.05) is 0 Å². The van der Waals surface area contributed by atoms with Crippen molar-refractivity contribution in [2.24, 2.45) is 0 Å². The number of benzene rings is 8. The molecule has 0 saturated heterocycles. The minimum Gasteiger partial charge on any atom is -0.454 e. The van der Waals surface area contributed by atoms with Crippen molar-refractivity contribution in [3.63, 3.8) is 0 Å². The Balaban J connectivity index is 1.23. The largest absolute Gasteiger partial charge is 0.454 e. The second-order valence-corrected chi connectivity index (χ2v) is 12.6. The molecule has 0 spiro atoms. The third-order valence-electron chi connectivity index (χ3n) is 9.77. The van der Waals surface area contributed by atoms with Crippen molar-refractivity contribution in [3.8, 4) is 16.8 Å². The van der Waals surface area contributed by atoms with Gasteiger partial charge in [-0.2, -0.15) is 0 Å². The Morgan fingerprint density at radius 1 is 0.429 bits per heavy atom. The number of fused-ring (bicyclic) bond motifs is 8. The molecule has 0 aliphatic carbocycles. The molecule has 0 aliphatic heterocycles. The molecule has 0 atom stereocenters. The van der Waals surface area contributed by atoms with Gasteiger partial charge in [0.1, 0.15) is 5.58 Å². The third-order valence-corrected chi connectivity index (χ3v) is 9.77. The lowest BCUT2D eigenvalue weighted by atomic mass is 10.0. The third kappa shape index (κ3) is 4.37. The minimum absolute atomic E-state index is 0.868. The highest BCUT2D eigenvalue weighted by Gasteiger charge is 2.22. The standard InChI is InChI=1S/C46H30N2O/c1-3-12-31(13-4-1)32-22-25-35(26-23-32)47(43-21-11-19-39-45-37-17-8-7-14-33(37)24-29-44(45)49-46(39)43)36-27-28-42-40(30-36)38-18-9-10-20-41(38)48(42)34-15-5-2-6-16-34/h1-30H. The molecule has 3 heteroatoms. The van der Waals surface area contributed by atoms with Gasteiger partial charge in [-0.25, -0.2) is 0 Å². The molecule has 0 radical (unpaired) electrons. The molecule has 49 heavy (non-hydrogen) atoms. The fourth-order valence-corrected chi connectivity index (χ4v) is 7.55. The Morgan fingerprint density at radius 3 is 1.92 bits per heavy atom. The van der Waals surface area contributed by atoms with Crippen LogP contribution in [0.4, 0.5) is 17.1 Å². The van der Waals surface area contributed by atoms with Gasteiger partial charge in [0.2, 0.25) is 0 Å². The van der Waals surface area contributed by atoms with Crippen LogP contribution < -0.4 is 4.90 Å². The molecule has 0 bridgehead atoms. The Bertz CT molecular complexity index is 2810. The molecule has 2 heterocycles. The highest BCUT2D eigenvalue weighted by Crippen LogP contribution is 2.45. The van der Waals surface area contributed by atoms with Crippen LogP contribution in [0.15, 0.2) is 186 Å². The number of rotatable bonds is 5. The van der Waals surface area contributed by atoms with Crippen LogP contribution in [-0.2, 0) is 0 Å².